The van der Waals surface area contributed by atoms with Gasteiger partial charge < -0.3 is 4.90 Å². The summed E-state index contributed by atoms with van der Waals surface area (Å²) >= 11 is 4.79. The Labute approximate surface area is 240 Å². The van der Waals surface area contributed by atoms with Gasteiger partial charge in [-0.05, 0) is 66.8 Å². The Kier molecular flexibility index (Phi) is 7.90. The van der Waals surface area contributed by atoms with E-state index in [2.05, 4.69) is 87.7 Å². The molecule has 9 heteroatoms. The quantitative estimate of drug-likeness (QED) is 0.185. The van der Waals surface area contributed by atoms with Crippen molar-refractivity contribution in [1.29, 1.82) is 0 Å². The highest BCUT2D eigenvalue weighted by atomic mass is 32.2. The molecule has 6 rings (SSSR count). The van der Waals surface area contributed by atoms with Gasteiger partial charge in [0.25, 0.3) is 5.91 Å². The van der Waals surface area contributed by atoms with E-state index in [1.54, 1.807) is 23.1 Å². The normalized spacial score (nSPS) is 14.1. The van der Waals surface area contributed by atoms with Gasteiger partial charge in [0.15, 0.2) is 11.0 Å². The smallest absolute Gasteiger partial charge is 0.273 e. The minimum atomic E-state index is 0.0450. The number of carbonyl (C=O) groups is 1. The van der Waals surface area contributed by atoms with Crippen molar-refractivity contribution in [1.82, 2.24) is 24.6 Å². The van der Waals surface area contributed by atoms with E-state index < -0.39 is 0 Å². The van der Waals surface area contributed by atoms with E-state index in [1.165, 1.54) is 22.5 Å². The number of benzene rings is 2. The number of piperidine rings is 1. The predicted molar refractivity (Wildman–Crippen MR) is 160 cm³/mol. The number of aromatic nitrogens is 4. The van der Waals surface area contributed by atoms with Crippen molar-refractivity contribution in [2.45, 2.75) is 37.1 Å². The maximum Gasteiger partial charge on any atom is 0.273 e. The van der Waals surface area contributed by atoms with Crippen molar-refractivity contribution in [3.8, 4) is 16.4 Å². The molecule has 39 heavy (non-hydrogen) atoms. The van der Waals surface area contributed by atoms with Crippen LogP contribution >= 0.6 is 34.4 Å². The van der Waals surface area contributed by atoms with Crippen LogP contribution in [-0.2, 0) is 12.2 Å². The van der Waals surface area contributed by atoms with Crippen LogP contribution in [0, 0.1) is 12.8 Å². The average molecular weight is 572 g/mol. The molecule has 0 spiro atoms. The third kappa shape index (κ3) is 6.00. The molecular weight excluding hydrogens is 543 g/mol. The van der Waals surface area contributed by atoms with Crippen molar-refractivity contribution in [3.05, 3.63) is 99.3 Å². The largest absolute Gasteiger partial charge is 0.337 e. The number of hydrogen-bond acceptors (Lipinski definition) is 7. The van der Waals surface area contributed by atoms with Gasteiger partial charge in [0.1, 0.15) is 10.7 Å². The highest BCUT2D eigenvalue weighted by molar-refractivity contribution is 7.98. The zero-order valence-corrected chi connectivity index (χ0v) is 24.1. The van der Waals surface area contributed by atoms with Gasteiger partial charge in [-0.3, -0.25) is 9.36 Å². The summed E-state index contributed by atoms with van der Waals surface area (Å²) < 4.78 is 2.11. The van der Waals surface area contributed by atoms with Gasteiger partial charge in [-0.2, -0.15) is 0 Å². The lowest BCUT2D eigenvalue weighted by molar-refractivity contribution is 0.0685. The molecule has 0 unspecified atom stereocenters. The first-order valence-corrected chi connectivity index (χ1v) is 15.9. The first-order chi connectivity index (χ1) is 19.1. The topological polar surface area (TPSA) is 63.9 Å². The average Bonchev–Trinajstić information content (AvgIpc) is 3.74. The standard InChI is InChI=1S/C30H29N5OS3/c1-21-7-5-10-24(17-21)35-28(26-11-6-16-37-26)32-33-30(35)39-20-27-31-25(19-38-27)29(36)34-14-12-23(13-15-34)18-22-8-3-2-4-9-22/h2-11,16-17,19,23H,12-15,18,20H2,1H3. The summed E-state index contributed by atoms with van der Waals surface area (Å²) in [5, 5.41) is 14.7. The molecule has 0 saturated carbocycles. The fourth-order valence-corrected chi connectivity index (χ4v) is 7.42. The lowest BCUT2D eigenvalue weighted by atomic mass is 9.90. The molecule has 0 N–H and O–H groups in total. The zero-order valence-electron chi connectivity index (χ0n) is 21.7. The molecule has 1 amide bonds. The fraction of sp³-hybridized carbons (Fsp3) is 0.267. The van der Waals surface area contributed by atoms with Crippen molar-refractivity contribution >= 4 is 40.3 Å². The van der Waals surface area contributed by atoms with Crippen LogP contribution in [0.15, 0.2) is 82.6 Å². The van der Waals surface area contributed by atoms with Crippen LogP contribution in [0.4, 0.5) is 0 Å². The first-order valence-electron chi connectivity index (χ1n) is 13.1. The van der Waals surface area contributed by atoms with Gasteiger partial charge in [-0.1, -0.05) is 60.3 Å². The van der Waals surface area contributed by atoms with Crippen molar-refractivity contribution < 1.29 is 4.79 Å². The summed E-state index contributed by atoms with van der Waals surface area (Å²) in [6.07, 6.45) is 3.16. The molecule has 6 nitrogen and oxygen atoms in total. The van der Waals surface area contributed by atoms with Crippen LogP contribution in [0.3, 0.4) is 0 Å². The second kappa shape index (κ2) is 11.9. The van der Waals surface area contributed by atoms with Gasteiger partial charge in [0.05, 0.1) is 16.3 Å². The maximum atomic E-state index is 13.2. The van der Waals surface area contributed by atoms with Crippen LogP contribution in [0.1, 0.15) is 39.5 Å². The number of hydrogen-bond donors (Lipinski definition) is 0. The van der Waals surface area contributed by atoms with Gasteiger partial charge in [-0.25, -0.2) is 4.98 Å². The molecule has 0 atom stereocenters. The van der Waals surface area contributed by atoms with Crippen LogP contribution in [0.5, 0.6) is 0 Å². The minimum Gasteiger partial charge on any atom is -0.337 e. The third-order valence-electron chi connectivity index (χ3n) is 7.00. The number of amides is 1. The fourth-order valence-electron chi connectivity index (χ4n) is 4.98. The predicted octanol–water partition coefficient (Wildman–Crippen LogP) is 7.15. The third-order valence-corrected chi connectivity index (χ3v) is 9.84. The second-order valence-electron chi connectivity index (χ2n) is 9.80. The summed E-state index contributed by atoms with van der Waals surface area (Å²) in [7, 11) is 0. The molecule has 198 valence electrons. The van der Waals surface area contributed by atoms with E-state index in [0.717, 1.165) is 58.9 Å². The van der Waals surface area contributed by atoms with Crippen molar-refractivity contribution in [2.24, 2.45) is 5.92 Å². The Hall–Kier alpha value is -3.27. The molecule has 1 saturated heterocycles. The van der Waals surface area contributed by atoms with Crippen molar-refractivity contribution in [3.63, 3.8) is 0 Å². The molecule has 1 fully saturated rings. The summed E-state index contributed by atoms with van der Waals surface area (Å²) in [6, 6.07) is 23.1. The van der Waals surface area contributed by atoms with E-state index in [-0.39, 0.29) is 5.91 Å². The summed E-state index contributed by atoms with van der Waals surface area (Å²) in [5.41, 5.74) is 4.15. The van der Waals surface area contributed by atoms with Gasteiger partial charge >= 0.3 is 0 Å². The molecule has 0 bridgehead atoms. The minimum absolute atomic E-state index is 0.0450. The number of nitrogens with zero attached hydrogens (tertiary/aromatic N) is 5. The molecule has 1 aliphatic heterocycles. The maximum absolute atomic E-state index is 13.2. The summed E-state index contributed by atoms with van der Waals surface area (Å²) in [5.74, 6) is 2.14. The van der Waals surface area contributed by atoms with Crippen LogP contribution in [-0.4, -0.2) is 43.6 Å². The highest BCUT2D eigenvalue weighted by Crippen LogP contribution is 2.32. The first kappa shape index (κ1) is 26.0. The van der Waals surface area contributed by atoms with Gasteiger partial charge in [-0.15, -0.1) is 32.9 Å². The second-order valence-corrected chi connectivity index (χ2v) is 12.6. The summed E-state index contributed by atoms with van der Waals surface area (Å²) in [4.78, 5) is 20.9. The molecular formula is C30H29N5OS3. The Morgan fingerprint density at radius 2 is 1.85 bits per heavy atom. The van der Waals surface area contributed by atoms with E-state index in [0.29, 0.717) is 17.4 Å². The van der Waals surface area contributed by atoms with E-state index in [4.69, 9.17) is 4.98 Å². The Morgan fingerprint density at radius 3 is 2.62 bits per heavy atom. The number of likely N-dealkylation sites (tertiary alicyclic amines) is 1. The number of rotatable bonds is 8. The van der Waals surface area contributed by atoms with Crippen molar-refractivity contribution in [2.75, 3.05) is 13.1 Å². The van der Waals surface area contributed by atoms with E-state index in [1.807, 2.05) is 16.3 Å². The number of aryl methyl sites for hydroxylation is 1. The molecule has 1 aliphatic rings. The number of thiazole rings is 1. The monoisotopic (exact) mass is 571 g/mol. The van der Waals surface area contributed by atoms with Crippen LogP contribution in [0.25, 0.3) is 16.4 Å². The van der Waals surface area contributed by atoms with E-state index >= 15 is 0 Å². The Bertz CT molecular complexity index is 1540. The number of carbonyl (C=O) groups excluding carboxylic acids is 1. The van der Waals surface area contributed by atoms with Crippen LogP contribution < -0.4 is 0 Å². The SMILES string of the molecule is Cc1cccc(-n2c(SCc3nc(C(=O)N4CCC(Cc5ccccc5)CC4)cs3)nnc2-c2cccs2)c1. The Morgan fingerprint density at radius 1 is 1.00 bits per heavy atom. The Balaban J connectivity index is 1.11. The van der Waals surface area contributed by atoms with Gasteiger partial charge in [0, 0.05) is 18.5 Å². The summed E-state index contributed by atoms with van der Waals surface area (Å²) in [6.45, 7) is 3.68. The number of thiophene rings is 1. The molecule has 3 aromatic heterocycles. The molecule has 0 aliphatic carbocycles. The number of thioether (sulfide) groups is 1. The zero-order chi connectivity index (χ0) is 26.6. The lowest BCUT2D eigenvalue weighted by Gasteiger charge is -2.31. The van der Waals surface area contributed by atoms with Crippen LogP contribution in [0.2, 0.25) is 0 Å². The molecule has 2 aromatic carbocycles. The highest BCUT2D eigenvalue weighted by Gasteiger charge is 2.25. The molecule has 5 aromatic rings. The molecule has 4 heterocycles. The van der Waals surface area contributed by atoms with E-state index in [9.17, 15) is 4.79 Å². The van der Waals surface area contributed by atoms with Gasteiger partial charge in [0.2, 0.25) is 0 Å². The lowest BCUT2D eigenvalue weighted by Crippen LogP contribution is -2.39. The molecule has 0 radical (unpaired) electrons.